The Bertz CT molecular complexity index is 1440. The predicted octanol–water partition coefficient (Wildman–Crippen LogP) is 4.19. The zero-order chi connectivity index (χ0) is 28.2. The van der Waals surface area contributed by atoms with E-state index >= 15 is 4.39 Å². The molecule has 0 spiro atoms. The number of carbonyl (C=O) groups excluding carboxylic acids is 1. The first-order chi connectivity index (χ1) is 19.1. The Kier molecular flexibility index (Phi) is 6.67. The fraction of sp³-hybridized carbons (Fsp3) is 0.464. The molecule has 0 N–H and O–H groups in total. The van der Waals surface area contributed by atoms with Gasteiger partial charge in [0.05, 0.1) is 36.8 Å². The zero-order valence-electron chi connectivity index (χ0n) is 22.1. The second-order valence-electron chi connectivity index (χ2n) is 10.8. The highest BCUT2D eigenvalue weighted by molar-refractivity contribution is 6.10. The number of methoxy groups -OCH3 is 1. The molecule has 6 rings (SSSR count). The molecule has 212 valence electrons. The van der Waals surface area contributed by atoms with Gasteiger partial charge in [0.2, 0.25) is 0 Å². The van der Waals surface area contributed by atoms with Gasteiger partial charge in [-0.25, -0.2) is 4.39 Å². The van der Waals surface area contributed by atoms with Crippen LogP contribution in [0, 0.1) is 0 Å². The standard InChI is InChI=1S/C28H29F4N5O3/c1-35-16-33-34-25(35)24(29)27(14-40-15-27)18-4-3-5-19(10-18)37-13-22-21(26(37)38)8-17(9-23(22)28(30,31)32)11-36-7-6-20(12-36)39-2/h3-5,8-10,16,20,24H,6-7,11-15H2,1-2H3/t20-,24-/m0/s1. The van der Waals surface area contributed by atoms with Crippen LogP contribution in [-0.2, 0) is 41.2 Å². The van der Waals surface area contributed by atoms with Crippen molar-refractivity contribution in [2.45, 2.75) is 43.4 Å². The topological polar surface area (TPSA) is 72.7 Å². The van der Waals surface area contributed by atoms with E-state index in [1.807, 2.05) is 4.90 Å². The molecule has 40 heavy (non-hydrogen) atoms. The third kappa shape index (κ3) is 4.47. The van der Waals surface area contributed by atoms with Gasteiger partial charge in [0.1, 0.15) is 6.33 Å². The number of hydrogen-bond donors (Lipinski definition) is 0. The summed E-state index contributed by atoms with van der Waals surface area (Å²) in [6.07, 6.45) is -3.89. The van der Waals surface area contributed by atoms with Crippen LogP contribution in [0.5, 0.6) is 0 Å². The van der Waals surface area contributed by atoms with Crippen molar-refractivity contribution in [2.24, 2.45) is 7.05 Å². The van der Waals surface area contributed by atoms with Gasteiger partial charge in [0.15, 0.2) is 12.0 Å². The minimum absolute atomic E-state index is 0.0434. The highest BCUT2D eigenvalue weighted by atomic mass is 19.4. The van der Waals surface area contributed by atoms with Crippen LogP contribution < -0.4 is 4.90 Å². The maximum Gasteiger partial charge on any atom is 0.416 e. The Hall–Kier alpha value is -3.35. The Morgan fingerprint density at radius 3 is 2.65 bits per heavy atom. The first-order valence-corrected chi connectivity index (χ1v) is 13.1. The number of nitrogens with zero attached hydrogens (tertiary/aromatic N) is 5. The van der Waals surface area contributed by atoms with E-state index in [9.17, 15) is 18.0 Å². The molecule has 2 aromatic carbocycles. The number of amides is 1. The number of benzene rings is 2. The Morgan fingerprint density at radius 2 is 2.02 bits per heavy atom. The van der Waals surface area contributed by atoms with Crippen molar-refractivity contribution in [3.63, 3.8) is 0 Å². The van der Waals surface area contributed by atoms with Crippen LogP contribution >= 0.6 is 0 Å². The molecule has 2 saturated heterocycles. The summed E-state index contributed by atoms with van der Waals surface area (Å²) in [6.45, 7) is 1.59. The molecule has 0 unspecified atom stereocenters. The predicted molar refractivity (Wildman–Crippen MR) is 136 cm³/mol. The number of likely N-dealkylation sites (tertiary alicyclic amines) is 1. The third-order valence-corrected chi connectivity index (χ3v) is 8.29. The molecule has 8 nitrogen and oxygen atoms in total. The number of hydrogen-bond acceptors (Lipinski definition) is 6. The summed E-state index contributed by atoms with van der Waals surface area (Å²) < 4.78 is 70.7. The van der Waals surface area contributed by atoms with E-state index in [4.69, 9.17) is 9.47 Å². The van der Waals surface area contributed by atoms with Gasteiger partial charge in [0, 0.05) is 45.0 Å². The molecule has 0 radical (unpaired) electrons. The summed E-state index contributed by atoms with van der Waals surface area (Å²) in [7, 11) is 3.27. The summed E-state index contributed by atoms with van der Waals surface area (Å²) in [5.74, 6) is -0.366. The van der Waals surface area contributed by atoms with Crippen LogP contribution in [0.25, 0.3) is 0 Å². The molecule has 12 heteroatoms. The van der Waals surface area contributed by atoms with Crippen LogP contribution in [0.2, 0.25) is 0 Å². The summed E-state index contributed by atoms with van der Waals surface area (Å²) in [5.41, 5.74) is -0.451. The summed E-state index contributed by atoms with van der Waals surface area (Å²) in [4.78, 5) is 16.9. The van der Waals surface area contributed by atoms with Crippen molar-refractivity contribution >= 4 is 11.6 Å². The van der Waals surface area contributed by atoms with Crippen LogP contribution in [0.15, 0.2) is 42.7 Å². The van der Waals surface area contributed by atoms with Gasteiger partial charge in [-0.3, -0.25) is 9.69 Å². The molecule has 0 saturated carbocycles. The quantitative estimate of drug-likeness (QED) is 0.405. The number of rotatable bonds is 7. The van der Waals surface area contributed by atoms with Gasteiger partial charge in [-0.15, -0.1) is 10.2 Å². The van der Waals surface area contributed by atoms with Gasteiger partial charge in [0.25, 0.3) is 5.91 Å². The Morgan fingerprint density at radius 1 is 1.23 bits per heavy atom. The van der Waals surface area contributed by atoms with Gasteiger partial charge < -0.3 is 18.9 Å². The molecule has 1 amide bonds. The maximum atomic E-state index is 15.8. The number of halogens is 4. The van der Waals surface area contributed by atoms with Gasteiger partial charge in [-0.05, 0) is 47.4 Å². The molecule has 0 bridgehead atoms. The number of ether oxygens (including phenoxy) is 2. The van der Waals surface area contributed by atoms with Crippen molar-refractivity contribution < 1.29 is 31.8 Å². The van der Waals surface area contributed by atoms with E-state index in [0.717, 1.165) is 12.5 Å². The number of aryl methyl sites for hydroxylation is 1. The smallest absolute Gasteiger partial charge is 0.380 e. The first-order valence-electron chi connectivity index (χ1n) is 13.1. The number of carbonyl (C=O) groups is 1. The molecule has 0 aliphatic carbocycles. The normalized spacial score (nSPS) is 21.5. The van der Waals surface area contributed by atoms with Crippen LogP contribution in [-0.4, -0.2) is 65.1 Å². The van der Waals surface area contributed by atoms with Crippen molar-refractivity contribution in [3.05, 3.63) is 76.4 Å². The number of aromatic nitrogens is 3. The molecule has 2 fully saturated rings. The second-order valence-corrected chi connectivity index (χ2v) is 10.8. The highest BCUT2D eigenvalue weighted by Gasteiger charge is 2.51. The van der Waals surface area contributed by atoms with E-state index in [-0.39, 0.29) is 42.8 Å². The van der Waals surface area contributed by atoms with Crippen molar-refractivity contribution in [3.8, 4) is 0 Å². The summed E-state index contributed by atoms with van der Waals surface area (Å²) >= 11 is 0. The Balaban J connectivity index is 1.32. The minimum atomic E-state index is -4.62. The highest BCUT2D eigenvalue weighted by Crippen LogP contribution is 2.47. The largest absolute Gasteiger partial charge is 0.416 e. The zero-order valence-corrected chi connectivity index (χ0v) is 22.1. The maximum absolute atomic E-state index is 15.8. The van der Waals surface area contributed by atoms with E-state index in [1.54, 1.807) is 44.5 Å². The van der Waals surface area contributed by atoms with E-state index in [1.165, 1.54) is 15.8 Å². The number of fused-ring (bicyclic) bond motifs is 1. The molecule has 3 aliphatic heterocycles. The molecule has 3 aliphatic rings. The molecular formula is C28H29F4N5O3. The molecular weight excluding hydrogens is 530 g/mol. The number of alkyl halides is 4. The van der Waals surface area contributed by atoms with Gasteiger partial charge >= 0.3 is 6.18 Å². The lowest BCUT2D eigenvalue weighted by Crippen LogP contribution is -2.50. The van der Waals surface area contributed by atoms with E-state index in [2.05, 4.69) is 10.2 Å². The van der Waals surface area contributed by atoms with E-state index in [0.29, 0.717) is 36.4 Å². The molecule has 4 heterocycles. The molecule has 2 atom stereocenters. The van der Waals surface area contributed by atoms with Crippen molar-refractivity contribution in [1.29, 1.82) is 0 Å². The fourth-order valence-electron chi connectivity index (χ4n) is 5.95. The second kappa shape index (κ2) is 9.93. The van der Waals surface area contributed by atoms with Gasteiger partial charge in [-0.2, -0.15) is 13.2 Å². The fourth-order valence-corrected chi connectivity index (χ4v) is 5.95. The third-order valence-electron chi connectivity index (χ3n) is 8.29. The van der Waals surface area contributed by atoms with Crippen LogP contribution in [0.4, 0.5) is 23.2 Å². The van der Waals surface area contributed by atoms with Crippen molar-refractivity contribution in [2.75, 3.05) is 38.3 Å². The Labute approximate surface area is 228 Å². The average Bonchev–Trinajstić information content (AvgIpc) is 3.62. The monoisotopic (exact) mass is 559 g/mol. The number of anilines is 1. The van der Waals surface area contributed by atoms with Gasteiger partial charge in [-0.1, -0.05) is 12.1 Å². The molecule has 1 aromatic heterocycles. The van der Waals surface area contributed by atoms with Crippen LogP contribution in [0.1, 0.15) is 51.0 Å². The first kappa shape index (κ1) is 26.9. The minimum Gasteiger partial charge on any atom is -0.380 e. The summed E-state index contributed by atoms with van der Waals surface area (Å²) in [6, 6.07) is 9.47. The van der Waals surface area contributed by atoms with Crippen LogP contribution in [0.3, 0.4) is 0 Å². The van der Waals surface area contributed by atoms with E-state index < -0.39 is 29.2 Å². The average molecular weight is 560 g/mol. The summed E-state index contributed by atoms with van der Waals surface area (Å²) in [5, 5.41) is 7.69. The lowest BCUT2D eigenvalue weighted by Gasteiger charge is -2.43. The molecule has 3 aromatic rings. The van der Waals surface area contributed by atoms with Crippen molar-refractivity contribution in [1.82, 2.24) is 19.7 Å². The lowest BCUT2D eigenvalue weighted by molar-refractivity contribution is -0.138. The lowest BCUT2D eigenvalue weighted by atomic mass is 9.74. The SMILES string of the molecule is CO[C@H]1CCN(Cc2cc3c(c(C(F)(F)F)c2)CN(c2cccc(C4([C@@H](F)c5nncn5C)COC4)c2)C3=O)C1.